The van der Waals surface area contributed by atoms with Crippen LogP contribution in [0.3, 0.4) is 0 Å². The van der Waals surface area contributed by atoms with E-state index in [2.05, 4.69) is 16.7 Å². The molecule has 0 aliphatic rings. The first kappa shape index (κ1) is 24.7. The molecule has 0 fully saturated rings. The number of ether oxygens (including phenoxy) is 1. The maximum Gasteiger partial charge on any atom is 0.243 e. The molecule has 1 amide bonds. The molecule has 0 bridgehead atoms. The fraction of sp³-hybridized carbons (Fsp3) is 0.435. The minimum absolute atomic E-state index is 0.0136. The highest BCUT2D eigenvalue weighted by Crippen LogP contribution is 2.29. The molecule has 31 heavy (non-hydrogen) atoms. The van der Waals surface area contributed by atoms with Gasteiger partial charge in [-0.15, -0.1) is 0 Å². The van der Waals surface area contributed by atoms with Gasteiger partial charge in [0.1, 0.15) is 5.75 Å². The molecule has 1 atom stereocenters. The second kappa shape index (κ2) is 10.6. The van der Waals surface area contributed by atoms with E-state index in [0.717, 1.165) is 5.56 Å². The third kappa shape index (κ3) is 5.98. The summed E-state index contributed by atoms with van der Waals surface area (Å²) in [5.41, 5.74) is 3.86. The van der Waals surface area contributed by atoms with E-state index in [1.165, 1.54) is 34.7 Å². The smallest absolute Gasteiger partial charge is 0.243 e. The number of anilines is 1. The summed E-state index contributed by atoms with van der Waals surface area (Å²) in [4.78, 5) is 12.6. The van der Waals surface area contributed by atoms with Gasteiger partial charge >= 0.3 is 0 Å². The van der Waals surface area contributed by atoms with Gasteiger partial charge in [-0.25, -0.2) is 8.42 Å². The number of sulfonamides is 1. The first-order valence-electron chi connectivity index (χ1n) is 10.4. The summed E-state index contributed by atoms with van der Waals surface area (Å²) in [5, 5.41) is 5.97. The van der Waals surface area contributed by atoms with Crippen LogP contribution in [-0.2, 0) is 14.8 Å². The number of nitrogens with one attached hydrogen (secondary N) is 2. The number of hydrogen-bond acceptors (Lipinski definition) is 5. The predicted octanol–water partition coefficient (Wildman–Crippen LogP) is 3.63. The van der Waals surface area contributed by atoms with Crippen LogP contribution in [-0.4, -0.2) is 45.4 Å². The normalized spacial score (nSPS) is 12.5. The Kier molecular flexibility index (Phi) is 8.47. The van der Waals surface area contributed by atoms with Crippen molar-refractivity contribution in [2.75, 3.05) is 32.1 Å². The zero-order valence-electron chi connectivity index (χ0n) is 19.2. The quantitative estimate of drug-likeness (QED) is 0.581. The Labute approximate surface area is 185 Å². The molecule has 2 N–H and O–H groups in total. The number of rotatable bonds is 10. The average molecular weight is 448 g/mol. The highest BCUT2D eigenvalue weighted by atomic mass is 32.2. The van der Waals surface area contributed by atoms with E-state index in [9.17, 15) is 13.2 Å². The summed E-state index contributed by atoms with van der Waals surface area (Å²) in [6.45, 7) is 10.4. The number of hydrogen-bond donors (Lipinski definition) is 2. The molecule has 2 rings (SSSR count). The maximum absolute atomic E-state index is 12.8. The molecule has 0 saturated carbocycles. The van der Waals surface area contributed by atoms with Gasteiger partial charge in [0.25, 0.3) is 0 Å². The van der Waals surface area contributed by atoms with Crippen molar-refractivity contribution in [2.24, 2.45) is 0 Å². The second-order valence-corrected chi connectivity index (χ2v) is 9.38. The Morgan fingerprint density at radius 2 is 1.74 bits per heavy atom. The Morgan fingerprint density at radius 3 is 2.32 bits per heavy atom. The molecule has 0 heterocycles. The standard InChI is InChI=1S/C23H33N3O4S/c1-7-26(8-2)31(28,29)20-11-12-22(30-6)21(14-20)24-15-23(27)25-18(5)19-10-9-16(3)17(4)13-19/h9-14,18,24H,7-8,15H2,1-6H3,(H,25,27). The third-order valence-corrected chi connectivity index (χ3v) is 7.41. The summed E-state index contributed by atoms with van der Waals surface area (Å²) in [5.74, 6) is 0.262. The predicted molar refractivity (Wildman–Crippen MR) is 124 cm³/mol. The SMILES string of the molecule is CCN(CC)S(=O)(=O)c1ccc(OC)c(NCC(=O)NC(C)c2ccc(C)c(C)c2)c1. The highest BCUT2D eigenvalue weighted by Gasteiger charge is 2.23. The third-order valence-electron chi connectivity index (χ3n) is 5.36. The van der Waals surface area contributed by atoms with Gasteiger partial charge in [-0.05, 0) is 55.7 Å². The van der Waals surface area contributed by atoms with Gasteiger partial charge < -0.3 is 15.4 Å². The van der Waals surface area contributed by atoms with Crippen LogP contribution in [0, 0.1) is 13.8 Å². The zero-order chi connectivity index (χ0) is 23.2. The number of amides is 1. The summed E-state index contributed by atoms with van der Waals surface area (Å²) in [7, 11) is -2.11. The number of carbonyl (C=O) groups excluding carboxylic acids is 1. The number of nitrogens with zero attached hydrogens (tertiary/aromatic N) is 1. The van der Waals surface area contributed by atoms with E-state index >= 15 is 0 Å². The fourth-order valence-electron chi connectivity index (χ4n) is 3.28. The van der Waals surface area contributed by atoms with E-state index in [1.54, 1.807) is 19.9 Å². The Bertz CT molecular complexity index is 1020. The molecule has 0 aromatic heterocycles. The number of carbonyl (C=O) groups is 1. The number of benzene rings is 2. The molecule has 0 radical (unpaired) electrons. The fourth-order valence-corrected chi connectivity index (χ4v) is 4.77. The lowest BCUT2D eigenvalue weighted by Gasteiger charge is -2.20. The van der Waals surface area contributed by atoms with Gasteiger partial charge in [0.15, 0.2) is 0 Å². The lowest BCUT2D eigenvalue weighted by molar-refractivity contribution is -0.120. The first-order valence-corrected chi connectivity index (χ1v) is 11.9. The van der Waals surface area contributed by atoms with E-state index in [1.807, 2.05) is 32.9 Å². The van der Waals surface area contributed by atoms with Gasteiger partial charge in [0, 0.05) is 13.1 Å². The molecule has 2 aromatic rings. The largest absolute Gasteiger partial charge is 0.495 e. The van der Waals surface area contributed by atoms with Crippen molar-refractivity contribution in [3.63, 3.8) is 0 Å². The number of aryl methyl sites for hydroxylation is 2. The molecule has 0 aliphatic carbocycles. The van der Waals surface area contributed by atoms with Gasteiger partial charge in [-0.2, -0.15) is 4.31 Å². The molecule has 0 spiro atoms. The lowest BCUT2D eigenvalue weighted by atomic mass is 10.0. The monoisotopic (exact) mass is 447 g/mol. The Balaban J connectivity index is 2.12. The summed E-state index contributed by atoms with van der Waals surface area (Å²) in [6.07, 6.45) is 0. The van der Waals surface area contributed by atoms with Gasteiger partial charge in [-0.1, -0.05) is 32.0 Å². The molecular weight excluding hydrogens is 414 g/mol. The van der Waals surface area contributed by atoms with E-state index < -0.39 is 10.0 Å². The Hall–Kier alpha value is -2.58. The van der Waals surface area contributed by atoms with Crippen molar-refractivity contribution in [3.8, 4) is 5.75 Å². The number of methoxy groups -OCH3 is 1. The molecule has 2 aromatic carbocycles. The highest BCUT2D eigenvalue weighted by molar-refractivity contribution is 7.89. The van der Waals surface area contributed by atoms with Crippen LogP contribution >= 0.6 is 0 Å². The summed E-state index contributed by atoms with van der Waals surface area (Å²) < 4.78 is 32.3. The summed E-state index contributed by atoms with van der Waals surface area (Å²) in [6, 6.07) is 10.6. The van der Waals surface area contributed by atoms with Crippen molar-refractivity contribution in [2.45, 2.75) is 45.6 Å². The van der Waals surface area contributed by atoms with E-state index in [4.69, 9.17) is 4.74 Å². The topological polar surface area (TPSA) is 87.7 Å². The summed E-state index contributed by atoms with van der Waals surface area (Å²) >= 11 is 0. The molecule has 0 aliphatic heterocycles. The van der Waals surface area contributed by atoms with Crippen LogP contribution in [0.4, 0.5) is 5.69 Å². The van der Waals surface area contributed by atoms with Crippen LogP contribution in [0.15, 0.2) is 41.3 Å². The lowest BCUT2D eigenvalue weighted by Crippen LogP contribution is -2.32. The van der Waals surface area contributed by atoms with Crippen LogP contribution in [0.2, 0.25) is 0 Å². The van der Waals surface area contributed by atoms with Gasteiger partial charge in [0.2, 0.25) is 15.9 Å². The first-order chi connectivity index (χ1) is 14.6. The Morgan fingerprint density at radius 1 is 1.06 bits per heavy atom. The molecule has 170 valence electrons. The van der Waals surface area contributed by atoms with Crippen LogP contribution in [0.5, 0.6) is 5.75 Å². The zero-order valence-corrected chi connectivity index (χ0v) is 20.0. The van der Waals surface area contributed by atoms with Crippen molar-refractivity contribution >= 4 is 21.6 Å². The molecule has 1 unspecified atom stereocenters. The van der Waals surface area contributed by atoms with Gasteiger partial charge in [-0.3, -0.25) is 4.79 Å². The molecular formula is C23H33N3O4S. The molecule has 7 nitrogen and oxygen atoms in total. The minimum Gasteiger partial charge on any atom is -0.495 e. The van der Waals surface area contributed by atoms with E-state index in [0.29, 0.717) is 24.5 Å². The second-order valence-electron chi connectivity index (χ2n) is 7.44. The van der Waals surface area contributed by atoms with Crippen molar-refractivity contribution < 1.29 is 17.9 Å². The van der Waals surface area contributed by atoms with E-state index in [-0.39, 0.29) is 23.4 Å². The van der Waals surface area contributed by atoms with Crippen LogP contribution in [0.25, 0.3) is 0 Å². The minimum atomic E-state index is -3.61. The molecule has 0 saturated heterocycles. The van der Waals surface area contributed by atoms with Gasteiger partial charge in [0.05, 0.1) is 30.3 Å². The van der Waals surface area contributed by atoms with Crippen LogP contribution < -0.4 is 15.4 Å². The van der Waals surface area contributed by atoms with Crippen molar-refractivity contribution in [1.82, 2.24) is 9.62 Å². The maximum atomic E-state index is 12.8. The van der Waals surface area contributed by atoms with Crippen molar-refractivity contribution in [3.05, 3.63) is 53.1 Å². The molecule has 8 heteroatoms. The average Bonchev–Trinajstić information content (AvgIpc) is 2.74. The van der Waals surface area contributed by atoms with Crippen LogP contribution in [0.1, 0.15) is 43.5 Å². The van der Waals surface area contributed by atoms with Crippen molar-refractivity contribution in [1.29, 1.82) is 0 Å².